The van der Waals surface area contributed by atoms with Crippen LogP contribution in [-0.2, 0) is 19.1 Å². The molecule has 0 radical (unpaired) electrons. The highest BCUT2D eigenvalue weighted by Gasteiger charge is 2.71. The van der Waals surface area contributed by atoms with Gasteiger partial charge < -0.3 is 14.6 Å². The van der Waals surface area contributed by atoms with Crippen LogP contribution in [0, 0.1) is 45.3 Å². The predicted molar refractivity (Wildman–Crippen MR) is 120 cm³/mol. The van der Waals surface area contributed by atoms with E-state index < -0.39 is 23.6 Å². The molecule has 1 heterocycles. The zero-order chi connectivity index (χ0) is 23.3. The number of rotatable bonds is 1. The van der Waals surface area contributed by atoms with Gasteiger partial charge in [-0.3, -0.25) is 4.79 Å². The molecule has 5 aliphatic rings. The highest BCUT2D eigenvalue weighted by atomic mass is 16.6. The third-order valence-corrected chi connectivity index (χ3v) is 11.2. The van der Waals surface area contributed by atoms with Gasteiger partial charge in [0.25, 0.3) is 0 Å². The van der Waals surface area contributed by atoms with Crippen LogP contribution in [-0.4, -0.2) is 29.4 Å². The first kappa shape index (κ1) is 22.4. The van der Waals surface area contributed by atoms with Gasteiger partial charge in [-0.25, -0.2) is 4.79 Å². The Bertz CT molecular complexity index is 875. The number of allylic oxidation sites excluding steroid dienone is 1. The molecule has 3 saturated carbocycles. The number of esters is 2. The Hall–Kier alpha value is -1.36. The summed E-state index contributed by atoms with van der Waals surface area (Å²) in [6.07, 6.45) is 8.23. The standard InChI is InChI=1S/C27H40O5/c1-15(28)31-20-14-19-25(4)12-7-11-24(2,3)17(25)10-13-26(19,5)18-9-8-16-21(27(18,20)6)23(30)32-22(16)29/h8,17-21,23,30H,7,9-14H2,1-6H3/t17?,18?,19?,20-,21-,23-,25+,26+,27-/m1/s1. The Morgan fingerprint density at radius 2 is 1.75 bits per heavy atom. The number of carbonyl (C=O) groups excluding carboxylic acids is 2. The van der Waals surface area contributed by atoms with Crippen LogP contribution in [0.15, 0.2) is 11.6 Å². The molecule has 0 aromatic heterocycles. The van der Waals surface area contributed by atoms with Gasteiger partial charge in [0.15, 0.2) is 0 Å². The molecular weight excluding hydrogens is 404 g/mol. The lowest BCUT2D eigenvalue weighted by atomic mass is 9.34. The van der Waals surface area contributed by atoms with E-state index in [0.717, 1.165) is 19.3 Å². The molecule has 1 saturated heterocycles. The lowest BCUT2D eigenvalue weighted by molar-refractivity contribution is -0.252. The minimum atomic E-state index is -1.17. The van der Waals surface area contributed by atoms with Crippen LogP contribution in [0.3, 0.4) is 0 Å². The molecule has 0 bridgehead atoms. The summed E-state index contributed by atoms with van der Waals surface area (Å²) in [5.74, 6) is 0.196. The summed E-state index contributed by atoms with van der Waals surface area (Å²) < 4.78 is 11.4. The first-order valence-electron chi connectivity index (χ1n) is 12.6. The number of hydrogen-bond acceptors (Lipinski definition) is 5. The first-order valence-corrected chi connectivity index (χ1v) is 12.6. The van der Waals surface area contributed by atoms with E-state index in [-0.39, 0.29) is 28.8 Å². The quantitative estimate of drug-likeness (QED) is 0.575. The third kappa shape index (κ3) is 2.72. The van der Waals surface area contributed by atoms with Gasteiger partial charge in [-0.2, -0.15) is 0 Å². The Kier molecular flexibility index (Phi) is 4.79. The van der Waals surface area contributed by atoms with Crippen molar-refractivity contribution in [3.63, 3.8) is 0 Å². The van der Waals surface area contributed by atoms with Crippen molar-refractivity contribution in [1.82, 2.24) is 0 Å². The van der Waals surface area contributed by atoms with Crippen molar-refractivity contribution in [2.24, 2.45) is 45.3 Å². The van der Waals surface area contributed by atoms with Crippen LogP contribution in [0.4, 0.5) is 0 Å². The summed E-state index contributed by atoms with van der Waals surface area (Å²) in [5.41, 5.74) is 0.651. The van der Waals surface area contributed by atoms with Crippen molar-refractivity contribution in [2.75, 3.05) is 0 Å². The molecule has 32 heavy (non-hydrogen) atoms. The van der Waals surface area contributed by atoms with Gasteiger partial charge in [0.05, 0.1) is 5.92 Å². The fourth-order valence-electron chi connectivity index (χ4n) is 9.98. The number of carbonyl (C=O) groups is 2. The SMILES string of the molecule is CC(=O)O[C@@H]1CC2[C@@]3(C)CCCC(C)(C)C3CC[C@@]2(C)C2CC=C3C(=O)O[C@@H](O)[C@@H]3[C@]21C. The first-order chi connectivity index (χ1) is 14.9. The molecule has 1 aliphatic heterocycles. The number of cyclic esters (lactones) is 1. The molecular formula is C27H40O5. The molecule has 4 fully saturated rings. The van der Waals surface area contributed by atoms with E-state index >= 15 is 0 Å². The van der Waals surface area contributed by atoms with Gasteiger partial charge in [0.2, 0.25) is 6.29 Å². The van der Waals surface area contributed by atoms with E-state index in [4.69, 9.17) is 9.47 Å². The van der Waals surface area contributed by atoms with Crippen molar-refractivity contribution < 1.29 is 24.2 Å². The van der Waals surface area contributed by atoms with E-state index in [9.17, 15) is 14.7 Å². The van der Waals surface area contributed by atoms with Gasteiger partial charge in [0, 0.05) is 17.9 Å². The highest BCUT2D eigenvalue weighted by Crippen LogP contribution is 2.73. The van der Waals surface area contributed by atoms with E-state index in [1.807, 2.05) is 6.08 Å². The molecule has 178 valence electrons. The minimum absolute atomic E-state index is 0.0669. The van der Waals surface area contributed by atoms with Crippen LogP contribution < -0.4 is 0 Å². The van der Waals surface area contributed by atoms with Crippen LogP contribution in [0.25, 0.3) is 0 Å². The smallest absolute Gasteiger partial charge is 0.336 e. The summed E-state index contributed by atoms with van der Waals surface area (Å²) in [6.45, 7) is 13.5. The zero-order valence-corrected chi connectivity index (χ0v) is 20.6. The number of aliphatic hydroxyl groups is 1. The zero-order valence-electron chi connectivity index (χ0n) is 20.6. The molecule has 5 heteroatoms. The normalized spacial score (nSPS) is 51.3. The molecule has 5 nitrogen and oxygen atoms in total. The van der Waals surface area contributed by atoms with Crippen molar-refractivity contribution in [3.05, 3.63) is 11.6 Å². The van der Waals surface area contributed by atoms with Gasteiger partial charge in [-0.15, -0.1) is 0 Å². The van der Waals surface area contributed by atoms with Gasteiger partial charge in [0.1, 0.15) is 6.10 Å². The van der Waals surface area contributed by atoms with Gasteiger partial charge in [-0.1, -0.05) is 47.1 Å². The Labute approximate surface area is 192 Å². The molecule has 5 rings (SSSR count). The third-order valence-electron chi connectivity index (χ3n) is 11.2. The summed E-state index contributed by atoms with van der Waals surface area (Å²) in [5, 5.41) is 10.8. The summed E-state index contributed by atoms with van der Waals surface area (Å²) in [7, 11) is 0. The molecule has 0 aromatic carbocycles. The fraction of sp³-hybridized carbons (Fsp3) is 0.852. The average Bonchev–Trinajstić information content (AvgIpc) is 2.97. The maximum absolute atomic E-state index is 12.5. The van der Waals surface area contributed by atoms with Crippen molar-refractivity contribution in [3.8, 4) is 0 Å². The van der Waals surface area contributed by atoms with Gasteiger partial charge >= 0.3 is 11.9 Å². The molecule has 3 unspecified atom stereocenters. The van der Waals surface area contributed by atoms with Gasteiger partial charge in [-0.05, 0) is 72.5 Å². The average molecular weight is 445 g/mol. The second-order valence-corrected chi connectivity index (χ2v) is 12.9. The van der Waals surface area contributed by atoms with Crippen molar-refractivity contribution in [1.29, 1.82) is 0 Å². The number of aliphatic hydroxyl groups excluding tert-OH is 1. The topological polar surface area (TPSA) is 72.8 Å². The second-order valence-electron chi connectivity index (χ2n) is 12.9. The number of fused-ring (bicyclic) bond motifs is 7. The minimum Gasteiger partial charge on any atom is -0.462 e. The van der Waals surface area contributed by atoms with Crippen LogP contribution >= 0.6 is 0 Å². The summed E-state index contributed by atoms with van der Waals surface area (Å²) >= 11 is 0. The van der Waals surface area contributed by atoms with E-state index in [0.29, 0.717) is 22.8 Å². The van der Waals surface area contributed by atoms with Crippen LogP contribution in [0.1, 0.15) is 86.5 Å². The molecule has 0 aromatic rings. The van der Waals surface area contributed by atoms with E-state index in [1.165, 1.54) is 32.6 Å². The summed E-state index contributed by atoms with van der Waals surface area (Å²) in [6, 6.07) is 0. The highest BCUT2D eigenvalue weighted by molar-refractivity contribution is 5.91. The maximum atomic E-state index is 12.5. The fourth-order valence-corrected chi connectivity index (χ4v) is 9.98. The lowest BCUT2D eigenvalue weighted by Crippen LogP contribution is -2.67. The largest absolute Gasteiger partial charge is 0.462 e. The van der Waals surface area contributed by atoms with Crippen LogP contribution in [0.2, 0.25) is 0 Å². The maximum Gasteiger partial charge on any atom is 0.336 e. The molecule has 0 amide bonds. The van der Waals surface area contributed by atoms with Crippen molar-refractivity contribution in [2.45, 2.75) is 98.9 Å². The molecule has 9 atom stereocenters. The summed E-state index contributed by atoms with van der Waals surface area (Å²) in [4.78, 5) is 24.8. The molecule has 4 aliphatic carbocycles. The Morgan fingerprint density at radius 1 is 1.06 bits per heavy atom. The monoisotopic (exact) mass is 444 g/mol. The van der Waals surface area contributed by atoms with Crippen molar-refractivity contribution >= 4 is 11.9 Å². The molecule has 0 spiro atoms. The Morgan fingerprint density at radius 3 is 2.44 bits per heavy atom. The molecule has 1 N–H and O–H groups in total. The lowest BCUT2D eigenvalue weighted by Gasteiger charge is -2.70. The Balaban J connectivity index is 1.64. The van der Waals surface area contributed by atoms with E-state index in [2.05, 4.69) is 34.6 Å². The number of ether oxygens (including phenoxy) is 2. The predicted octanol–water partition coefficient (Wildman–Crippen LogP) is 5.01. The number of hydrogen-bond donors (Lipinski definition) is 1. The van der Waals surface area contributed by atoms with E-state index in [1.54, 1.807) is 0 Å². The van der Waals surface area contributed by atoms with Crippen LogP contribution in [0.5, 0.6) is 0 Å². The second kappa shape index (κ2) is 6.84.